The molecule has 0 saturated carbocycles. The van der Waals surface area contributed by atoms with Gasteiger partial charge in [0.15, 0.2) is 5.43 Å². The number of hydrogen-bond acceptors (Lipinski definition) is 4. The number of carboxylic acids is 1. The summed E-state index contributed by atoms with van der Waals surface area (Å²) in [5.74, 6) is -1.29. The molecule has 2 rings (SSSR count). The third kappa shape index (κ3) is 3.33. The van der Waals surface area contributed by atoms with Crippen LogP contribution in [0.2, 0.25) is 0 Å². The fourth-order valence-electron chi connectivity index (χ4n) is 1.98. The third-order valence-corrected chi connectivity index (χ3v) is 3.04. The zero-order valence-corrected chi connectivity index (χ0v) is 10.9. The molecular weight excluding hydrogens is 276 g/mol. The molecule has 0 atom stereocenters. The summed E-state index contributed by atoms with van der Waals surface area (Å²) in [6, 6.07) is 7.53. The monoisotopic (exact) mass is 288 g/mol. The summed E-state index contributed by atoms with van der Waals surface area (Å²) < 4.78 is 1.53. The van der Waals surface area contributed by atoms with Crippen molar-refractivity contribution in [3.05, 3.63) is 74.2 Å². The van der Waals surface area contributed by atoms with Gasteiger partial charge in [-0.3, -0.25) is 14.9 Å². The van der Waals surface area contributed by atoms with E-state index in [0.29, 0.717) is 18.5 Å². The summed E-state index contributed by atoms with van der Waals surface area (Å²) in [5.41, 5.74) is -0.306. The minimum atomic E-state index is -1.29. The molecule has 1 aromatic heterocycles. The first-order valence-corrected chi connectivity index (χ1v) is 6.14. The van der Waals surface area contributed by atoms with Crippen molar-refractivity contribution < 1.29 is 14.8 Å². The minimum absolute atomic E-state index is 0.0250. The molecule has 0 fully saturated rings. The van der Waals surface area contributed by atoms with E-state index in [1.807, 2.05) is 0 Å². The van der Waals surface area contributed by atoms with Crippen LogP contribution < -0.4 is 5.43 Å². The number of aromatic nitrogens is 1. The van der Waals surface area contributed by atoms with Crippen molar-refractivity contribution >= 4 is 11.7 Å². The molecule has 21 heavy (non-hydrogen) atoms. The Morgan fingerprint density at radius 2 is 2.00 bits per heavy atom. The standard InChI is InChI=1S/C14H12N2O5/c17-13-6-8-15(9-11(13)14(18)19)7-5-10-3-1-2-4-12(10)16(20)21/h1-4,6,8-9H,5,7H2,(H,18,19). The zero-order chi connectivity index (χ0) is 15.4. The largest absolute Gasteiger partial charge is 0.477 e. The van der Waals surface area contributed by atoms with Gasteiger partial charge in [-0.25, -0.2) is 4.79 Å². The third-order valence-electron chi connectivity index (χ3n) is 3.04. The van der Waals surface area contributed by atoms with Gasteiger partial charge in [-0.1, -0.05) is 18.2 Å². The molecule has 0 spiro atoms. The second kappa shape index (κ2) is 6.00. The Bertz CT molecular complexity index is 751. The average Bonchev–Trinajstić information content (AvgIpc) is 2.46. The lowest BCUT2D eigenvalue weighted by Gasteiger charge is -2.07. The summed E-state index contributed by atoms with van der Waals surface area (Å²) in [6.07, 6.45) is 3.06. The number of carbonyl (C=O) groups is 1. The van der Waals surface area contributed by atoms with Gasteiger partial charge < -0.3 is 9.67 Å². The van der Waals surface area contributed by atoms with Crippen LogP contribution in [-0.2, 0) is 13.0 Å². The van der Waals surface area contributed by atoms with Crippen molar-refractivity contribution in [1.29, 1.82) is 0 Å². The highest BCUT2D eigenvalue weighted by Gasteiger charge is 2.12. The second-order valence-electron chi connectivity index (χ2n) is 4.40. The molecule has 1 N–H and O–H groups in total. The van der Waals surface area contributed by atoms with Crippen LogP contribution in [0.15, 0.2) is 47.5 Å². The molecule has 2 aromatic rings. The Morgan fingerprint density at radius 1 is 1.29 bits per heavy atom. The maximum absolute atomic E-state index is 11.3. The van der Waals surface area contributed by atoms with Gasteiger partial charge >= 0.3 is 5.97 Å². The van der Waals surface area contributed by atoms with Crippen LogP contribution in [0.4, 0.5) is 5.69 Å². The van der Waals surface area contributed by atoms with E-state index in [-0.39, 0.29) is 11.3 Å². The van der Waals surface area contributed by atoms with E-state index in [1.165, 1.54) is 29.1 Å². The first kappa shape index (κ1) is 14.4. The topological polar surface area (TPSA) is 102 Å². The number of aromatic carboxylic acids is 1. The van der Waals surface area contributed by atoms with E-state index in [4.69, 9.17) is 5.11 Å². The number of para-hydroxylation sites is 1. The number of benzene rings is 1. The fraction of sp³-hybridized carbons (Fsp3) is 0.143. The summed E-state index contributed by atoms with van der Waals surface area (Å²) >= 11 is 0. The highest BCUT2D eigenvalue weighted by Crippen LogP contribution is 2.18. The molecule has 0 radical (unpaired) electrons. The maximum atomic E-state index is 11.3. The van der Waals surface area contributed by atoms with Gasteiger partial charge in [0, 0.05) is 36.6 Å². The highest BCUT2D eigenvalue weighted by molar-refractivity contribution is 5.86. The van der Waals surface area contributed by atoms with Gasteiger partial charge in [0.05, 0.1) is 4.92 Å². The van der Waals surface area contributed by atoms with Gasteiger partial charge in [-0.05, 0) is 6.42 Å². The number of nitro groups is 1. The van der Waals surface area contributed by atoms with Gasteiger partial charge in [0.2, 0.25) is 0 Å². The lowest BCUT2D eigenvalue weighted by molar-refractivity contribution is -0.385. The Labute approximate surface area is 119 Å². The van der Waals surface area contributed by atoms with Gasteiger partial charge in [0.1, 0.15) is 5.56 Å². The molecule has 108 valence electrons. The van der Waals surface area contributed by atoms with E-state index >= 15 is 0 Å². The van der Waals surface area contributed by atoms with Crippen LogP contribution in [0, 0.1) is 10.1 Å². The number of aryl methyl sites for hydroxylation is 2. The molecule has 7 heteroatoms. The Kier molecular flexibility index (Phi) is 4.13. The van der Waals surface area contributed by atoms with E-state index < -0.39 is 16.3 Å². The SMILES string of the molecule is O=C(O)c1cn(CCc2ccccc2[N+](=O)[O-])ccc1=O. The van der Waals surface area contributed by atoms with Crippen LogP contribution >= 0.6 is 0 Å². The van der Waals surface area contributed by atoms with Crippen LogP contribution in [0.3, 0.4) is 0 Å². The number of pyridine rings is 1. The first-order valence-electron chi connectivity index (χ1n) is 6.14. The van der Waals surface area contributed by atoms with Gasteiger partial charge in [0.25, 0.3) is 5.69 Å². The molecule has 7 nitrogen and oxygen atoms in total. The Morgan fingerprint density at radius 3 is 2.67 bits per heavy atom. The quantitative estimate of drug-likeness (QED) is 0.666. The number of nitro benzene ring substituents is 1. The summed E-state index contributed by atoms with van der Waals surface area (Å²) in [4.78, 5) is 32.7. The first-order chi connectivity index (χ1) is 9.99. The molecule has 0 bridgehead atoms. The molecule has 0 saturated heterocycles. The molecule has 0 amide bonds. The highest BCUT2D eigenvalue weighted by atomic mass is 16.6. The van der Waals surface area contributed by atoms with Crippen LogP contribution in [0.25, 0.3) is 0 Å². The van der Waals surface area contributed by atoms with Crippen molar-refractivity contribution in [3.8, 4) is 0 Å². The molecule has 1 aromatic carbocycles. The van der Waals surface area contributed by atoms with Crippen molar-refractivity contribution in [2.75, 3.05) is 0 Å². The Hall–Kier alpha value is -2.96. The molecule has 0 aliphatic rings. The van der Waals surface area contributed by atoms with Crippen LogP contribution in [0.5, 0.6) is 0 Å². The van der Waals surface area contributed by atoms with Crippen molar-refractivity contribution in [3.63, 3.8) is 0 Å². The lowest BCUT2D eigenvalue weighted by Crippen LogP contribution is -2.17. The smallest absolute Gasteiger partial charge is 0.341 e. The molecule has 0 unspecified atom stereocenters. The number of nitrogens with zero attached hydrogens (tertiary/aromatic N) is 2. The maximum Gasteiger partial charge on any atom is 0.341 e. The van der Waals surface area contributed by atoms with E-state index in [1.54, 1.807) is 18.2 Å². The van der Waals surface area contributed by atoms with Gasteiger partial charge in [-0.2, -0.15) is 0 Å². The molecular formula is C14H12N2O5. The number of hydrogen-bond donors (Lipinski definition) is 1. The van der Waals surface area contributed by atoms with Gasteiger partial charge in [-0.15, -0.1) is 0 Å². The van der Waals surface area contributed by atoms with Crippen LogP contribution in [0.1, 0.15) is 15.9 Å². The van der Waals surface area contributed by atoms with E-state index in [0.717, 1.165) is 0 Å². The number of rotatable bonds is 5. The van der Waals surface area contributed by atoms with Crippen LogP contribution in [-0.4, -0.2) is 20.6 Å². The molecule has 0 aliphatic heterocycles. The lowest BCUT2D eigenvalue weighted by atomic mass is 10.1. The fourth-order valence-corrected chi connectivity index (χ4v) is 1.98. The predicted octanol–water partition coefficient (Wildman–Crippen LogP) is 1.70. The predicted molar refractivity (Wildman–Crippen MR) is 74.5 cm³/mol. The molecule has 0 aliphatic carbocycles. The minimum Gasteiger partial charge on any atom is -0.477 e. The van der Waals surface area contributed by atoms with Crippen molar-refractivity contribution in [1.82, 2.24) is 4.57 Å². The van der Waals surface area contributed by atoms with E-state index in [9.17, 15) is 19.7 Å². The summed E-state index contributed by atoms with van der Waals surface area (Å²) in [6.45, 7) is 0.339. The van der Waals surface area contributed by atoms with Crippen molar-refractivity contribution in [2.45, 2.75) is 13.0 Å². The second-order valence-corrected chi connectivity index (χ2v) is 4.40. The molecule has 1 heterocycles. The normalized spacial score (nSPS) is 10.3. The zero-order valence-electron chi connectivity index (χ0n) is 10.9. The summed E-state index contributed by atoms with van der Waals surface area (Å²) in [5, 5.41) is 19.8. The Balaban J connectivity index is 2.21. The number of carboxylic acid groups (broad SMARTS) is 1. The summed E-state index contributed by atoms with van der Waals surface area (Å²) in [7, 11) is 0. The van der Waals surface area contributed by atoms with Crippen molar-refractivity contribution in [2.24, 2.45) is 0 Å². The van der Waals surface area contributed by atoms with E-state index in [2.05, 4.69) is 0 Å². The average molecular weight is 288 g/mol.